The summed E-state index contributed by atoms with van der Waals surface area (Å²) in [6.45, 7) is 0. The number of thiophene rings is 1. The fourth-order valence-corrected chi connectivity index (χ4v) is 10.4. The molecule has 4 heterocycles. The van der Waals surface area contributed by atoms with E-state index >= 15 is 0 Å². The SMILES string of the molecule is [2H]c1c([2H])c([2H])c(-c2cccc3sc4ccc(-n5c6ccccc6c6cc(-c7ccc8c(c7)c7ccccc7n8-c7ccc8c(c7)oc7ccccc78)ccc65)cc4c23)c([2H])c1[2H]. The lowest BCUT2D eigenvalue weighted by Gasteiger charge is -2.10. The lowest BCUT2D eigenvalue weighted by molar-refractivity contribution is 0.668. The molecule has 3 nitrogen and oxygen atoms in total. The van der Waals surface area contributed by atoms with Gasteiger partial charge in [0.25, 0.3) is 0 Å². The second-order valence-corrected chi connectivity index (χ2v) is 16.0. The van der Waals surface area contributed by atoms with Crippen molar-refractivity contribution in [1.82, 2.24) is 9.13 Å². The number of rotatable bonds is 4. The molecule has 0 aliphatic heterocycles. The minimum Gasteiger partial charge on any atom is -0.456 e. The Morgan fingerprint density at radius 3 is 1.72 bits per heavy atom. The molecule has 0 N–H and O–H groups in total. The number of furan rings is 1. The summed E-state index contributed by atoms with van der Waals surface area (Å²) >= 11 is 1.64. The van der Waals surface area contributed by atoms with Gasteiger partial charge in [-0.2, -0.15) is 0 Å². The normalized spacial score (nSPS) is 13.3. The molecular weight excluding hydrogens is 725 g/mol. The van der Waals surface area contributed by atoms with E-state index in [1.165, 1.54) is 10.8 Å². The van der Waals surface area contributed by atoms with Crippen LogP contribution in [0.15, 0.2) is 198 Å². The predicted octanol–water partition coefficient (Wildman–Crippen LogP) is 15.5. The zero-order valence-electron chi connectivity index (χ0n) is 35.8. The van der Waals surface area contributed by atoms with Crippen LogP contribution in [0, 0.1) is 0 Å². The molecule has 4 heteroatoms. The van der Waals surface area contributed by atoms with E-state index in [0.717, 1.165) is 97.5 Å². The highest BCUT2D eigenvalue weighted by Crippen LogP contribution is 2.43. The third kappa shape index (κ3) is 4.55. The number of hydrogen-bond donors (Lipinski definition) is 0. The molecule has 0 aliphatic carbocycles. The van der Waals surface area contributed by atoms with Gasteiger partial charge in [0.15, 0.2) is 0 Å². The minimum absolute atomic E-state index is 0.201. The van der Waals surface area contributed by atoms with Gasteiger partial charge < -0.3 is 13.6 Å². The van der Waals surface area contributed by atoms with E-state index in [1.807, 2.05) is 36.4 Å². The molecular formula is C54H32N2OS. The van der Waals surface area contributed by atoms with Crippen molar-refractivity contribution < 1.29 is 11.3 Å². The Labute approximate surface area is 343 Å². The maximum absolute atomic E-state index is 8.80. The van der Waals surface area contributed by atoms with Crippen LogP contribution in [0.5, 0.6) is 0 Å². The van der Waals surface area contributed by atoms with Crippen LogP contribution in [0.25, 0.3) is 119 Å². The molecule has 0 saturated carbocycles. The summed E-state index contributed by atoms with van der Waals surface area (Å²) in [4.78, 5) is 0. The molecule has 0 atom stereocenters. The molecule has 0 fully saturated rings. The minimum atomic E-state index is -0.394. The zero-order valence-corrected chi connectivity index (χ0v) is 31.6. The molecule has 0 bridgehead atoms. The highest BCUT2D eigenvalue weighted by molar-refractivity contribution is 7.26. The molecule has 270 valence electrons. The van der Waals surface area contributed by atoms with Crippen LogP contribution in [-0.4, -0.2) is 9.13 Å². The second-order valence-electron chi connectivity index (χ2n) is 14.9. The topological polar surface area (TPSA) is 23.0 Å². The van der Waals surface area contributed by atoms with E-state index in [9.17, 15) is 0 Å². The molecule has 0 unspecified atom stereocenters. The van der Waals surface area contributed by atoms with Gasteiger partial charge in [0.2, 0.25) is 0 Å². The molecule has 13 aromatic rings. The first-order valence-corrected chi connectivity index (χ1v) is 20.2. The Hall–Kier alpha value is -7.40. The smallest absolute Gasteiger partial charge is 0.137 e. The molecule has 9 aromatic carbocycles. The second kappa shape index (κ2) is 12.1. The van der Waals surface area contributed by atoms with Gasteiger partial charge in [-0.05, 0) is 101 Å². The number of nitrogens with zero attached hydrogens (tertiary/aromatic N) is 2. The lowest BCUT2D eigenvalue weighted by atomic mass is 9.99. The summed E-state index contributed by atoms with van der Waals surface area (Å²) in [5, 5.41) is 8.72. The standard InChI is InChI=1S/C54H32N2OS/c1-2-11-33(12-3-1)38-16-10-20-53-54(38)45-31-36(24-28-52(45)58-53)55-46-17-7-4-13-39(46)43-29-34(21-26-48(43)55)35-22-27-49-44(30-35)40-14-5-8-18-47(40)56(49)37-23-25-42-41-15-6-9-19-50(41)57-51(42)32-37/h1-32H/i1D,2D,3D,11D,12D. The summed E-state index contributed by atoms with van der Waals surface area (Å²) in [5.74, 6) is 0. The monoisotopic (exact) mass is 761 g/mol. The van der Waals surface area contributed by atoms with Crippen LogP contribution in [0.1, 0.15) is 6.85 Å². The van der Waals surface area contributed by atoms with E-state index < -0.39 is 6.04 Å². The summed E-state index contributed by atoms with van der Waals surface area (Å²) in [5.41, 5.74) is 11.3. The van der Waals surface area contributed by atoms with Gasteiger partial charge in [-0.25, -0.2) is 0 Å². The van der Waals surface area contributed by atoms with Crippen molar-refractivity contribution in [1.29, 1.82) is 0 Å². The maximum atomic E-state index is 8.80. The Morgan fingerprint density at radius 2 is 1.00 bits per heavy atom. The molecule has 58 heavy (non-hydrogen) atoms. The van der Waals surface area contributed by atoms with E-state index in [0.29, 0.717) is 5.56 Å². The van der Waals surface area contributed by atoms with Gasteiger partial charge in [0, 0.05) is 69.9 Å². The van der Waals surface area contributed by atoms with Crippen molar-refractivity contribution in [3.63, 3.8) is 0 Å². The quantitative estimate of drug-likeness (QED) is 0.175. The van der Waals surface area contributed by atoms with Crippen LogP contribution in [0.4, 0.5) is 0 Å². The Bertz CT molecular complexity index is 4090. The van der Waals surface area contributed by atoms with Gasteiger partial charge >= 0.3 is 0 Å². The summed E-state index contributed by atoms with van der Waals surface area (Å²) < 4.78 is 55.6. The number of fused-ring (bicyclic) bond motifs is 12. The van der Waals surface area contributed by atoms with Crippen molar-refractivity contribution in [2.24, 2.45) is 0 Å². The van der Waals surface area contributed by atoms with Crippen molar-refractivity contribution in [2.45, 2.75) is 0 Å². The molecule has 0 radical (unpaired) electrons. The van der Waals surface area contributed by atoms with Crippen LogP contribution in [-0.2, 0) is 0 Å². The molecule has 0 saturated heterocycles. The highest BCUT2D eigenvalue weighted by Gasteiger charge is 2.18. The number of aromatic nitrogens is 2. The van der Waals surface area contributed by atoms with Gasteiger partial charge in [-0.3, -0.25) is 0 Å². The number of benzene rings is 9. The first kappa shape index (κ1) is 27.2. The first-order valence-electron chi connectivity index (χ1n) is 21.8. The van der Waals surface area contributed by atoms with Crippen LogP contribution < -0.4 is 0 Å². The predicted molar refractivity (Wildman–Crippen MR) is 246 cm³/mol. The number of para-hydroxylation sites is 3. The Morgan fingerprint density at radius 1 is 0.397 bits per heavy atom. The average molecular weight is 762 g/mol. The van der Waals surface area contributed by atoms with E-state index in [2.05, 4.69) is 137 Å². The van der Waals surface area contributed by atoms with Crippen LogP contribution in [0.3, 0.4) is 0 Å². The van der Waals surface area contributed by atoms with Crippen LogP contribution >= 0.6 is 11.3 Å². The van der Waals surface area contributed by atoms with Gasteiger partial charge in [-0.15, -0.1) is 11.3 Å². The van der Waals surface area contributed by atoms with Gasteiger partial charge in [0.05, 0.1) is 28.9 Å². The largest absolute Gasteiger partial charge is 0.456 e. The van der Waals surface area contributed by atoms with E-state index in [4.69, 9.17) is 11.3 Å². The third-order valence-electron chi connectivity index (χ3n) is 11.8. The Kier molecular flexibility index (Phi) is 5.66. The fourth-order valence-electron chi connectivity index (χ4n) is 9.26. The summed E-state index contributed by atoms with van der Waals surface area (Å²) in [6, 6.07) is 56.1. The Balaban J connectivity index is 0.964. The van der Waals surface area contributed by atoms with Gasteiger partial charge in [-0.1, -0.05) is 109 Å². The highest BCUT2D eigenvalue weighted by atomic mass is 32.1. The van der Waals surface area contributed by atoms with Crippen LogP contribution in [0.2, 0.25) is 0 Å². The summed E-state index contributed by atoms with van der Waals surface area (Å²) in [6.07, 6.45) is 0. The van der Waals surface area contributed by atoms with Crippen molar-refractivity contribution >= 4 is 97.1 Å². The average Bonchev–Trinajstić information content (AvgIpc) is 4.07. The first-order chi connectivity index (χ1) is 30.8. The van der Waals surface area contributed by atoms with Crippen molar-refractivity contribution in [3.8, 4) is 33.6 Å². The summed E-state index contributed by atoms with van der Waals surface area (Å²) in [7, 11) is 0. The molecule has 4 aromatic heterocycles. The van der Waals surface area contributed by atoms with E-state index in [-0.39, 0.29) is 29.7 Å². The van der Waals surface area contributed by atoms with E-state index in [1.54, 1.807) is 11.3 Å². The van der Waals surface area contributed by atoms with Gasteiger partial charge in [0.1, 0.15) is 11.2 Å². The zero-order chi connectivity index (χ0) is 42.2. The number of hydrogen-bond acceptors (Lipinski definition) is 2. The van der Waals surface area contributed by atoms with Crippen molar-refractivity contribution in [3.05, 3.63) is 194 Å². The molecule has 0 amide bonds. The maximum Gasteiger partial charge on any atom is 0.137 e. The molecule has 0 spiro atoms. The molecule has 0 aliphatic rings. The third-order valence-corrected chi connectivity index (χ3v) is 12.9. The van der Waals surface area contributed by atoms with Crippen molar-refractivity contribution in [2.75, 3.05) is 0 Å². The molecule has 13 rings (SSSR count). The fraction of sp³-hybridized carbons (Fsp3) is 0. The lowest BCUT2D eigenvalue weighted by Crippen LogP contribution is -1.94.